The fourth-order valence-corrected chi connectivity index (χ4v) is 4.12. The van der Waals surface area contributed by atoms with Gasteiger partial charge in [0.25, 0.3) is 0 Å². The van der Waals surface area contributed by atoms with Crippen molar-refractivity contribution < 1.29 is 76.1 Å². The molecule has 6 rings (SSSR count). The van der Waals surface area contributed by atoms with Gasteiger partial charge in [-0.3, -0.25) is 0 Å². The first-order valence-electron chi connectivity index (χ1n) is 16.5. The number of epoxide rings is 4. The van der Waals surface area contributed by atoms with Crippen LogP contribution < -0.4 is 0 Å². The van der Waals surface area contributed by atoms with E-state index in [4.69, 9.17) is 47.4 Å². The molecular weight excluding hydrogens is 688 g/mol. The number of carbonyl (C=O) groups excluding carboxylic acids is 6. The first kappa shape index (κ1) is 38.1. The molecule has 0 amide bonds. The highest BCUT2D eigenvalue weighted by Crippen LogP contribution is 2.19. The van der Waals surface area contributed by atoms with Crippen molar-refractivity contribution in [2.75, 3.05) is 66.1 Å². The topological polar surface area (TPSA) is 208 Å². The van der Waals surface area contributed by atoms with Gasteiger partial charge in [-0.2, -0.15) is 0 Å². The molecule has 4 saturated heterocycles. The Morgan fingerprint density at radius 1 is 0.519 bits per heavy atom. The third-order valence-electron chi connectivity index (χ3n) is 7.26. The van der Waals surface area contributed by atoms with Gasteiger partial charge >= 0.3 is 35.8 Å². The molecule has 16 nitrogen and oxygen atoms in total. The van der Waals surface area contributed by atoms with E-state index in [1.165, 1.54) is 42.5 Å². The molecular formula is C36H38O16. The van der Waals surface area contributed by atoms with Crippen LogP contribution in [0.25, 0.3) is 0 Å². The van der Waals surface area contributed by atoms with Gasteiger partial charge in [0, 0.05) is 0 Å². The van der Waals surface area contributed by atoms with E-state index in [0.29, 0.717) is 32.8 Å². The molecule has 4 atom stereocenters. The minimum atomic E-state index is -0.690. The van der Waals surface area contributed by atoms with E-state index in [2.05, 4.69) is 6.58 Å². The van der Waals surface area contributed by atoms with Crippen LogP contribution in [0.1, 0.15) is 75.5 Å². The Bertz CT molecular complexity index is 1560. The maximum atomic E-state index is 12.2. The lowest BCUT2D eigenvalue weighted by Gasteiger charge is -2.09. The molecule has 0 bridgehead atoms. The van der Waals surface area contributed by atoms with Crippen LogP contribution in [0.3, 0.4) is 0 Å². The Kier molecular flexibility index (Phi) is 13.4. The summed E-state index contributed by atoms with van der Waals surface area (Å²) in [6.45, 7) is 8.25. The average Bonchev–Trinajstić information content (AvgIpc) is 3.94. The Morgan fingerprint density at radius 2 is 0.769 bits per heavy atom. The summed E-state index contributed by atoms with van der Waals surface area (Å²) in [7, 11) is 0. The lowest BCUT2D eigenvalue weighted by atomic mass is 10.1. The van der Waals surface area contributed by atoms with Gasteiger partial charge in [-0.1, -0.05) is 19.6 Å². The summed E-state index contributed by atoms with van der Waals surface area (Å²) in [5.74, 6) is -3.94. The molecule has 0 N–H and O–H groups in total. The molecule has 0 spiro atoms. The van der Waals surface area contributed by atoms with Crippen LogP contribution in [0.4, 0.5) is 0 Å². The number of hydrogen-bond donors (Lipinski definition) is 0. The molecule has 4 aliphatic rings. The molecule has 4 heterocycles. The summed E-state index contributed by atoms with van der Waals surface area (Å²) in [4.78, 5) is 73.1. The van der Waals surface area contributed by atoms with Crippen LogP contribution >= 0.6 is 0 Å². The van der Waals surface area contributed by atoms with Gasteiger partial charge in [-0.05, 0) is 42.8 Å². The third-order valence-corrected chi connectivity index (χ3v) is 7.26. The standard InChI is InChI=1S/C18H20O8.C18H18O8/c2*1-2-3-22-16(19)11-4-12(17(20)25-9-14-7-23-14)6-13(5-11)18(21)26-10-15-8-24-15/h4-6,14-15H,2-3,7-10H2,1H3;2,4-6,14-15H,1,3,7-10H2. The van der Waals surface area contributed by atoms with Gasteiger partial charge in [-0.15, -0.1) is 0 Å². The monoisotopic (exact) mass is 726 g/mol. The largest absolute Gasteiger partial charge is 0.462 e. The molecule has 2 aromatic carbocycles. The van der Waals surface area contributed by atoms with Crippen molar-refractivity contribution in [3.8, 4) is 0 Å². The van der Waals surface area contributed by atoms with Gasteiger partial charge in [-0.25, -0.2) is 28.8 Å². The van der Waals surface area contributed by atoms with E-state index in [1.54, 1.807) is 0 Å². The summed E-state index contributed by atoms with van der Waals surface area (Å²) >= 11 is 0. The summed E-state index contributed by atoms with van der Waals surface area (Å²) in [5, 5.41) is 0. The number of benzene rings is 2. The maximum Gasteiger partial charge on any atom is 0.338 e. The van der Waals surface area contributed by atoms with Crippen molar-refractivity contribution in [3.63, 3.8) is 0 Å². The van der Waals surface area contributed by atoms with Crippen LogP contribution in [-0.2, 0) is 47.4 Å². The third kappa shape index (κ3) is 12.6. The van der Waals surface area contributed by atoms with Crippen molar-refractivity contribution in [2.45, 2.75) is 37.8 Å². The molecule has 0 aliphatic carbocycles. The average molecular weight is 727 g/mol. The van der Waals surface area contributed by atoms with Crippen LogP contribution in [0, 0.1) is 0 Å². The highest BCUT2D eigenvalue weighted by molar-refractivity contribution is 6.01. The fraction of sp³-hybridized carbons (Fsp3) is 0.444. The highest BCUT2D eigenvalue weighted by Gasteiger charge is 2.29. The summed E-state index contributed by atoms with van der Waals surface area (Å²) in [6.07, 6.45) is 1.71. The molecule has 4 aliphatic heterocycles. The molecule has 4 unspecified atom stereocenters. The minimum Gasteiger partial charge on any atom is -0.462 e. The van der Waals surface area contributed by atoms with E-state index in [-0.39, 0.29) is 97.4 Å². The summed E-state index contributed by atoms with van der Waals surface area (Å²) < 4.78 is 50.4. The van der Waals surface area contributed by atoms with Crippen molar-refractivity contribution >= 4 is 35.8 Å². The fourth-order valence-electron chi connectivity index (χ4n) is 4.12. The second-order valence-corrected chi connectivity index (χ2v) is 11.8. The smallest absolute Gasteiger partial charge is 0.338 e. The lowest BCUT2D eigenvalue weighted by molar-refractivity contribution is 0.0454. The first-order chi connectivity index (χ1) is 25.1. The Balaban J connectivity index is 0.000000201. The first-order valence-corrected chi connectivity index (χ1v) is 16.5. The molecule has 16 heteroatoms. The number of ether oxygens (including phenoxy) is 10. The van der Waals surface area contributed by atoms with E-state index < -0.39 is 35.8 Å². The Morgan fingerprint density at radius 3 is 1.00 bits per heavy atom. The van der Waals surface area contributed by atoms with Gasteiger partial charge in [0.2, 0.25) is 0 Å². The zero-order valence-electron chi connectivity index (χ0n) is 28.4. The minimum absolute atomic E-state index is 0.00528. The Hall–Kier alpha value is -5.16. The molecule has 4 fully saturated rings. The highest BCUT2D eigenvalue weighted by atomic mass is 16.6. The van der Waals surface area contributed by atoms with Gasteiger partial charge in [0.15, 0.2) is 0 Å². The SMILES string of the molecule is C=CCOC(=O)c1cc(C(=O)OCC2CO2)cc(C(=O)OCC2CO2)c1.CCCOC(=O)c1cc(C(=O)OCC2CO2)cc(C(=O)OCC2CO2)c1. The molecule has 0 aromatic heterocycles. The number of hydrogen-bond acceptors (Lipinski definition) is 16. The van der Waals surface area contributed by atoms with Crippen LogP contribution in [0.5, 0.6) is 0 Å². The number of carbonyl (C=O) groups is 6. The normalized spacial score (nSPS) is 20.1. The van der Waals surface area contributed by atoms with Crippen molar-refractivity contribution in [3.05, 3.63) is 82.4 Å². The van der Waals surface area contributed by atoms with Crippen LogP contribution in [-0.4, -0.2) is 126 Å². The van der Waals surface area contributed by atoms with Gasteiger partial charge in [0.05, 0.1) is 66.4 Å². The Labute approximate surface area is 298 Å². The van der Waals surface area contributed by atoms with Crippen molar-refractivity contribution in [1.82, 2.24) is 0 Å². The second kappa shape index (κ2) is 18.4. The van der Waals surface area contributed by atoms with Crippen molar-refractivity contribution in [2.24, 2.45) is 0 Å². The molecule has 52 heavy (non-hydrogen) atoms. The summed E-state index contributed by atoms with van der Waals surface area (Å²) in [5.41, 5.74) is 0.378. The van der Waals surface area contributed by atoms with Crippen LogP contribution in [0.15, 0.2) is 49.1 Å². The van der Waals surface area contributed by atoms with E-state index in [0.717, 1.165) is 0 Å². The lowest BCUT2D eigenvalue weighted by Crippen LogP contribution is -2.16. The quantitative estimate of drug-likeness (QED) is 0.0936. The summed E-state index contributed by atoms with van der Waals surface area (Å²) in [6, 6.07) is 7.95. The number of rotatable bonds is 18. The molecule has 2 aromatic rings. The predicted octanol–water partition coefficient (Wildman–Crippen LogP) is 2.51. The van der Waals surface area contributed by atoms with E-state index in [9.17, 15) is 28.8 Å². The van der Waals surface area contributed by atoms with Crippen LogP contribution in [0.2, 0.25) is 0 Å². The van der Waals surface area contributed by atoms with E-state index in [1.807, 2.05) is 6.92 Å². The van der Waals surface area contributed by atoms with Gasteiger partial charge < -0.3 is 47.4 Å². The molecule has 0 saturated carbocycles. The second-order valence-electron chi connectivity index (χ2n) is 11.8. The van der Waals surface area contributed by atoms with E-state index >= 15 is 0 Å². The van der Waals surface area contributed by atoms with Crippen molar-refractivity contribution in [1.29, 1.82) is 0 Å². The zero-order chi connectivity index (χ0) is 37.0. The zero-order valence-corrected chi connectivity index (χ0v) is 28.4. The number of esters is 6. The predicted molar refractivity (Wildman–Crippen MR) is 174 cm³/mol. The molecule has 278 valence electrons. The molecule has 0 radical (unpaired) electrons. The maximum absolute atomic E-state index is 12.2. The van der Waals surface area contributed by atoms with Gasteiger partial charge in [0.1, 0.15) is 57.5 Å².